The first kappa shape index (κ1) is 10.7. The molecule has 0 spiro atoms. The van der Waals surface area contributed by atoms with Crippen LogP contribution in [0.1, 0.15) is 23.2 Å². The lowest BCUT2D eigenvalue weighted by molar-refractivity contribution is 0.785. The summed E-state index contributed by atoms with van der Waals surface area (Å²) in [7, 11) is 0. The van der Waals surface area contributed by atoms with Gasteiger partial charge in [-0.2, -0.15) is 5.10 Å². The summed E-state index contributed by atoms with van der Waals surface area (Å²) in [4.78, 5) is 0. The zero-order valence-corrected chi connectivity index (χ0v) is 10.5. The van der Waals surface area contributed by atoms with Crippen molar-refractivity contribution >= 4 is 17.4 Å². The Bertz CT molecular complexity index is 587. The second-order valence-corrected chi connectivity index (χ2v) is 4.94. The Hall–Kier alpha value is -1.48. The molecule has 2 aromatic rings. The van der Waals surface area contributed by atoms with Gasteiger partial charge in [0.1, 0.15) is 5.82 Å². The van der Waals surface area contributed by atoms with Gasteiger partial charge in [-0.1, -0.05) is 17.7 Å². The number of hydrogen-bond acceptors (Lipinski definition) is 2. The summed E-state index contributed by atoms with van der Waals surface area (Å²) < 4.78 is 1.96. The summed E-state index contributed by atoms with van der Waals surface area (Å²) in [6, 6.07) is 5.85. The highest BCUT2D eigenvalue weighted by Gasteiger charge is 2.22. The van der Waals surface area contributed by atoms with Gasteiger partial charge in [0.15, 0.2) is 0 Å². The summed E-state index contributed by atoms with van der Waals surface area (Å²) >= 11 is 6.05. The first-order valence-electron chi connectivity index (χ1n) is 5.79. The van der Waals surface area contributed by atoms with Gasteiger partial charge < -0.3 is 5.73 Å². The largest absolute Gasteiger partial charge is 0.382 e. The van der Waals surface area contributed by atoms with E-state index in [1.807, 2.05) is 22.9 Å². The zero-order valence-electron chi connectivity index (χ0n) is 9.70. The number of aryl methyl sites for hydroxylation is 1. The quantitative estimate of drug-likeness (QED) is 0.842. The molecule has 1 aliphatic rings. The minimum Gasteiger partial charge on any atom is -0.382 e. The molecule has 3 nitrogen and oxygen atoms in total. The third-order valence-electron chi connectivity index (χ3n) is 3.36. The van der Waals surface area contributed by atoms with Crippen molar-refractivity contribution in [2.45, 2.75) is 26.2 Å². The van der Waals surface area contributed by atoms with Crippen molar-refractivity contribution in [2.75, 3.05) is 5.73 Å². The SMILES string of the molecule is Cc1ccc(Cl)cc1-n1nc(N)c2c1CCC2. The minimum absolute atomic E-state index is 0.664. The van der Waals surface area contributed by atoms with Crippen LogP contribution in [0.5, 0.6) is 0 Å². The standard InChI is InChI=1S/C13H14ClN3/c1-8-5-6-9(14)7-12(8)17-11-4-2-3-10(11)13(15)16-17/h5-7H,2-4H2,1H3,(H2,15,16). The molecule has 0 amide bonds. The van der Waals surface area contributed by atoms with E-state index in [1.165, 1.54) is 11.3 Å². The summed E-state index contributed by atoms with van der Waals surface area (Å²) in [5, 5.41) is 5.17. The lowest BCUT2D eigenvalue weighted by atomic mass is 10.2. The van der Waals surface area contributed by atoms with Gasteiger partial charge in [0, 0.05) is 16.3 Å². The Morgan fingerprint density at radius 1 is 1.35 bits per heavy atom. The van der Waals surface area contributed by atoms with Crippen molar-refractivity contribution in [3.05, 3.63) is 40.0 Å². The van der Waals surface area contributed by atoms with Crippen LogP contribution in [0, 0.1) is 6.92 Å². The molecule has 3 rings (SSSR count). The Balaban J connectivity index is 2.22. The first-order chi connectivity index (χ1) is 8.16. The van der Waals surface area contributed by atoms with E-state index < -0.39 is 0 Å². The summed E-state index contributed by atoms with van der Waals surface area (Å²) in [6.07, 6.45) is 3.25. The van der Waals surface area contributed by atoms with Crippen LogP contribution >= 0.6 is 11.6 Å². The molecule has 0 bridgehead atoms. The highest BCUT2D eigenvalue weighted by Crippen LogP contribution is 2.30. The molecule has 0 radical (unpaired) electrons. The van der Waals surface area contributed by atoms with E-state index in [-0.39, 0.29) is 0 Å². The number of nitrogen functional groups attached to an aromatic ring is 1. The van der Waals surface area contributed by atoms with Gasteiger partial charge in [-0.25, -0.2) is 4.68 Å². The van der Waals surface area contributed by atoms with Crippen molar-refractivity contribution in [1.82, 2.24) is 9.78 Å². The van der Waals surface area contributed by atoms with Crippen molar-refractivity contribution in [3.8, 4) is 5.69 Å². The Morgan fingerprint density at radius 2 is 2.18 bits per heavy atom. The number of benzene rings is 1. The van der Waals surface area contributed by atoms with Gasteiger partial charge in [-0.05, 0) is 43.9 Å². The average molecular weight is 248 g/mol. The third-order valence-corrected chi connectivity index (χ3v) is 3.60. The molecule has 0 unspecified atom stereocenters. The molecular formula is C13H14ClN3. The molecule has 88 valence electrons. The Labute approximate surface area is 105 Å². The molecule has 0 saturated heterocycles. The van der Waals surface area contributed by atoms with E-state index in [0.29, 0.717) is 5.82 Å². The van der Waals surface area contributed by atoms with Gasteiger partial charge in [-0.3, -0.25) is 0 Å². The van der Waals surface area contributed by atoms with Crippen LogP contribution in [-0.2, 0) is 12.8 Å². The van der Waals surface area contributed by atoms with Gasteiger partial charge in [0.2, 0.25) is 0 Å². The maximum atomic E-state index is 6.05. The fraction of sp³-hybridized carbons (Fsp3) is 0.308. The van der Waals surface area contributed by atoms with Crippen LogP contribution < -0.4 is 5.73 Å². The number of aromatic nitrogens is 2. The molecule has 2 N–H and O–H groups in total. The van der Waals surface area contributed by atoms with E-state index >= 15 is 0 Å². The molecule has 1 heterocycles. The maximum Gasteiger partial charge on any atom is 0.149 e. The van der Waals surface area contributed by atoms with E-state index in [1.54, 1.807) is 0 Å². The fourth-order valence-corrected chi connectivity index (χ4v) is 2.64. The molecule has 1 aromatic carbocycles. The predicted molar refractivity (Wildman–Crippen MR) is 69.7 cm³/mol. The molecule has 17 heavy (non-hydrogen) atoms. The molecule has 0 saturated carbocycles. The number of hydrogen-bond donors (Lipinski definition) is 1. The Kier molecular flexibility index (Phi) is 2.37. The highest BCUT2D eigenvalue weighted by atomic mass is 35.5. The topological polar surface area (TPSA) is 43.8 Å². The molecule has 4 heteroatoms. The second-order valence-electron chi connectivity index (χ2n) is 4.51. The van der Waals surface area contributed by atoms with Crippen LogP contribution in [-0.4, -0.2) is 9.78 Å². The number of anilines is 1. The van der Waals surface area contributed by atoms with Crippen LogP contribution in [0.4, 0.5) is 5.82 Å². The molecular weight excluding hydrogens is 234 g/mol. The highest BCUT2D eigenvalue weighted by molar-refractivity contribution is 6.30. The number of halogens is 1. The molecule has 1 aromatic heterocycles. The van der Waals surface area contributed by atoms with Crippen LogP contribution in [0.2, 0.25) is 5.02 Å². The number of rotatable bonds is 1. The van der Waals surface area contributed by atoms with Crippen LogP contribution in [0.15, 0.2) is 18.2 Å². The third kappa shape index (κ3) is 1.62. The predicted octanol–water partition coefficient (Wildman–Crippen LogP) is 2.91. The van der Waals surface area contributed by atoms with E-state index in [9.17, 15) is 0 Å². The average Bonchev–Trinajstić information content (AvgIpc) is 2.87. The van der Waals surface area contributed by atoms with Crippen molar-refractivity contribution < 1.29 is 0 Å². The van der Waals surface area contributed by atoms with Crippen molar-refractivity contribution in [1.29, 1.82) is 0 Å². The van der Waals surface area contributed by atoms with Crippen molar-refractivity contribution in [3.63, 3.8) is 0 Å². The summed E-state index contributed by atoms with van der Waals surface area (Å²) in [5.74, 6) is 0.664. The van der Waals surface area contributed by atoms with Crippen molar-refractivity contribution in [2.24, 2.45) is 0 Å². The van der Waals surface area contributed by atoms with E-state index in [0.717, 1.165) is 35.5 Å². The first-order valence-corrected chi connectivity index (χ1v) is 6.17. The normalized spacial score (nSPS) is 14.0. The monoisotopic (exact) mass is 247 g/mol. The fourth-order valence-electron chi connectivity index (χ4n) is 2.48. The molecule has 0 fully saturated rings. The second kappa shape index (κ2) is 3.77. The van der Waals surface area contributed by atoms with Gasteiger partial charge >= 0.3 is 0 Å². The number of nitrogens with zero attached hydrogens (tertiary/aromatic N) is 2. The summed E-state index contributed by atoms with van der Waals surface area (Å²) in [5.41, 5.74) is 10.6. The molecule has 0 atom stereocenters. The lowest BCUT2D eigenvalue weighted by Crippen LogP contribution is -2.03. The number of fused-ring (bicyclic) bond motifs is 1. The van der Waals surface area contributed by atoms with E-state index in [2.05, 4.69) is 12.0 Å². The smallest absolute Gasteiger partial charge is 0.149 e. The molecule has 0 aliphatic heterocycles. The lowest BCUT2D eigenvalue weighted by Gasteiger charge is -2.09. The zero-order chi connectivity index (χ0) is 12.0. The Morgan fingerprint density at radius 3 is 3.00 bits per heavy atom. The van der Waals surface area contributed by atoms with Gasteiger partial charge in [-0.15, -0.1) is 0 Å². The van der Waals surface area contributed by atoms with Crippen LogP contribution in [0.3, 0.4) is 0 Å². The van der Waals surface area contributed by atoms with Crippen LogP contribution in [0.25, 0.3) is 5.69 Å². The summed E-state index contributed by atoms with van der Waals surface area (Å²) in [6.45, 7) is 2.06. The molecule has 1 aliphatic carbocycles. The van der Waals surface area contributed by atoms with Gasteiger partial charge in [0.05, 0.1) is 5.69 Å². The van der Waals surface area contributed by atoms with E-state index in [4.69, 9.17) is 17.3 Å². The number of nitrogens with two attached hydrogens (primary N) is 1. The van der Waals surface area contributed by atoms with Gasteiger partial charge in [0.25, 0.3) is 0 Å². The minimum atomic E-state index is 0.664. The maximum absolute atomic E-state index is 6.05.